The van der Waals surface area contributed by atoms with Crippen LogP contribution in [0.4, 0.5) is 22.7 Å². The largest absolute Gasteiger partial charge is 0.493 e. The minimum absolute atomic E-state index is 0.441. The third-order valence-electron chi connectivity index (χ3n) is 9.18. The molecule has 8 rings (SSSR count). The van der Waals surface area contributed by atoms with Gasteiger partial charge >= 0.3 is 0 Å². The number of azo groups is 2. The lowest BCUT2D eigenvalue weighted by atomic mass is 9.97. The van der Waals surface area contributed by atoms with Crippen molar-refractivity contribution in [2.75, 3.05) is 13.2 Å². The Bertz CT molecular complexity index is 2480. The number of nitrogens with zero attached hydrogens (tertiary/aromatic N) is 6. The van der Waals surface area contributed by atoms with E-state index >= 15 is 0 Å². The SMILES string of the molecule is CC(C)COc1ccc(/N=N/c2ccc(-c3ccc(-c4ccc(/N=N/c5ccc(OCC(C)C)c6ccccc56)cc4)c4nsnc34)cc2)c2ccccc12. The van der Waals surface area contributed by atoms with Gasteiger partial charge < -0.3 is 9.47 Å². The molecule has 0 amide bonds. The molecule has 272 valence electrons. The molecule has 7 aromatic carbocycles. The Labute approximate surface area is 324 Å². The molecule has 8 aromatic rings. The molecule has 55 heavy (non-hydrogen) atoms. The zero-order valence-electron chi connectivity index (χ0n) is 31.2. The average molecular weight is 741 g/mol. The fourth-order valence-electron chi connectivity index (χ4n) is 6.42. The van der Waals surface area contributed by atoms with Crippen LogP contribution < -0.4 is 9.47 Å². The number of hydrogen-bond acceptors (Lipinski definition) is 9. The summed E-state index contributed by atoms with van der Waals surface area (Å²) in [4.78, 5) is 0. The smallest absolute Gasteiger partial charge is 0.127 e. The summed E-state index contributed by atoms with van der Waals surface area (Å²) in [5.74, 6) is 2.60. The Kier molecular flexibility index (Phi) is 10.4. The molecule has 0 radical (unpaired) electrons. The van der Waals surface area contributed by atoms with E-state index in [4.69, 9.17) is 18.2 Å². The second-order valence-corrected chi connectivity index (χ2v) is 14.8. The Balaban J connectivity index is 0.992. The molecular weight excluding hydrogens is 701 g/mol. The van der Waals surface area contributed by atoms with Gasteiger partial charge in [-0.2, -0.15) is 19.0 Å². The summed E-state index contributed by atoms with van der Waals surface area (Å²) in [6.45, 7) is 9.90. The van der Waals surface area contributed by atoms with E-state index < -0.39 is 0 Å². The molecule has 8 nitrogen and oxygen atoms in total. The summed E-state index contributed by atoms with van der Waals surface area (Å²) < 4.78 is 21.6. The molecule has 0 fully saturated rings. The van der Waals surface area contributed by atoms with Gasteiger partial charge in [0.05, 0.1) is 47.7 Å². The number of rotatable bonds is 12. The van der Waals surface area contributed by atoms with Crippen LogP contribution in [0.5, 0.6) is 11.5 Å². The van der Waals surface area contributed by atoms with E-state index in [1.807, 2.05) is 72.8 Å². The molecule has 9 heteroatoms. The van der Waals surface area contributed by atoms with E-state index in [1.54, 1.807) is 0 Å². The Morgan fingerprint density at radius 1 is 0.455 bits per heavy atom. The van der Waals surface area contributed by atoms with Crippen LogP contribution in [0.2, 0.25) is 0 Å². The van der Waals surface area contributed by atoms with Crippen LogP contribution in [0.1, 0.15) is 27.7 Å². The summed E-state index contributed by atoms with van der Waals surface area (Å²) in [5, 5.41) is 22.5. The molecule has 0 aliphatic rings. The van der Waals surface area contributed by atoms with Gasteiger partial charge in [0, 0.05) is 32.7 Å². The topological polar surface area (TPSA) is 93.7 Å². The van der Waals surface area contributed by atoms with Crippen LogP contribution in [0.3, 0.4) is 0 Å². The highest BCUT2D eigenvalue weighted by Gasteiger charge is 2.14. The molecule has 0 spiro atoms. The Morgan fingerprint density at radius 2 is 0.855 bits per heavy atom. The molecule has 1 heterocycles. The first kappa shape index (κ1) is 35.7. The minimum Gasteiger partial charge on any atom is -0.493 e. The summed E-state index contributed by atoms with van der Waals surface area (Å²) in [6, 6.07) is 44.5. The van der Waals surface area contributed by atoms with Crippen molar-refractivity contribution in [1.82, 2.24) is 8.75 Å². The standard InChI is InChI=1S/C46H40N6O2S/c1-29(2)27-53-43-25-23-41(37-9-5-7-11-39(37)43)49-47-33-17-13-31(14-18-33)35-21-22-36(46-45(35)51-55-52-46)32-15-19-34(20-16-32)48-50-42-24-26-44(54-28-30(3)4)40-12-8-6-10-38(40)42/h5-26,29-30H,27-28H2,1-4H3/b49-47+,50-48+. The molecule has 0 saturated carbocycles. The van der Waals surface area contributed by atoms with Crippen molar-refractivity contribution in [2.45, 2.75) is 27.7 Å². The molecule has 0 N–H and O–H groups in total. The van der Waals surface area contributed by atoms with Crippen LogP contribution in [-0.4, -0.2) is 22.0 Å². The Hall–Kier alpha value is -6.32. The lowest BCUT2D eigenvalue weighted by Crippen LogP contribution is -2.04. The maximum absolute atomic E-state index is 6.07. The predicted molar refractivity (Wildman–Crippen MR) is 225 cm³/mol. The van der Waals surface area contributed by atoms with Gasteiger partial charge in [-0.3, -0.25) is 0 Å². The lowest BCUT2D eigenvalue weighted by Gasteiger charge is -2.12. The minimum atomic E-state index is 0.441. The highest BCUT2D eigenvalue weighted by atomic mass is 32.1. The number of aromatic nitrogens is 2. The van der Waals surface area contributed by atoms with Gasteiger partial charge in [0.15, 0.2) is 0 Å². The molecule has 0 aliphatic heterocycles. The number of benzene rings is 7. The summed E-state index contributed by atoms with van der Waals surface area (Å²) >= 11 is 1.22. The first-order chi connectivity index (χ1) is 26.9. The highest BCUT2D eigenvalue weighted by Crippen LogP contribution is 2.38. The van der Waals surface area contributed by atoms with Crippen molar-refractivity contribution in [2.24, 2.45) is 32.3 Å². The second-order valence-electron chi connectivity index (χ2n) is 14.3. The summed E-state index contributed by atoms with van der Waals surface area (Å²) in [6.07, 6.45) is 0. The van der Waals surface area contributed by atoms with Gasteiger partial charge in [-0.25, -0.2) is 0 Å². The van der Waals surface area contributed by atoms with Crippen LogP contribution in [0.15, 0.2) is 154 Å². The molecule has 0 unspecified atom stereocenters. The van der Waals surface area contributed by atoms with Crippen molar-refractivity contribution in [3.63, 3.8) is 0 Å². The molecule has 0 bridgehead atoms. The molecular formula is C46H40N6O2S. The van der Waals surface area contributed by atoms with Crippen molar-refractivity contribution >= 4 is 67.1 Å². The summed E-state index contributed by atoms with van der Waals surface area (Å²) in [5.41, 5.74) is 8.92. The van der Waals surface area contributed by atoms with Gasteiger partial charge in [-0.1, -0.05) is 113 Å². The predicted octanol–water partition coefficient (Wildman–Crippen LogP) is 14.2. The quantitative estimate of drug-likeness (QED) is 0.117. The average Bonchev–Trinajstić information content (AvgIpc) is 3.71. The van der Waals surface area contributed by atoms with E-state index in [1.165, 1.54) is 11.7 Å². The zero-order valence-corrected chi connectivity index (χ0v) is 32.0. The first-order valence-corrected chi connectivity index (χ1v) is 19.2. The van der Waals surface area contributed by atoms with Crippen molar-refractivity contribution in [3.8, 4) is 33.8 Å². The third kappa shape index (κ3) is 7.84. The van der Waals surface area contributed by atoms with Crippen molar-refractivity contribution in [3.05, 3.63) is 133 Å². The normalized spacial score (nSPS) is 12.0. The zero-order chi connectivity index (χ0) is 37.7. The number of fused-ring (bicyclic) bond motifs is 3. The first-order valence-electron chi connectivity index (χ1n) is 18.5. The summed E-state index contributed by atoms with van der Waals surface area (Å²) in [7, 11) is 0. The number of hydrogen-bond donors (Lipinski definition) is 0. The van der Waals surface area contributed by atoms with Crippen molar-refractivity contribution < 1.29 is 9.47 Å². The van der Waals surface area contributed by atoms with Gasteiger partial charge in [-0.05, 0) is 71.5 Å². The maximum atomic E-state index is 6.07. The Morgan fingerprint density at radius 3 is 1.25 bits per heavy atom. The van der Waals surface area contributed by atoms with Gasteiger partial charge in [-0.15, -0.1) is 10.2 Å². The van der Waals surface area contributed by atoms with E-state index in [9.17, 15) is 0 Å². The molecule has 0 aliphatic carbocycles. The van der Waals surface area contributed by atoms with Crippen LogP contribution in [-0.2, 0) is 0 Å². The fraction of sp³-hybridized carbons (Fsp3) is 0.174. The second kappa shape index (κ2) is 16.0. The van der Waals surface area contributed by atoms with Crippen LogP contribution >= 0.6 is 11.7 Å². The van der Waals surface area contributed by atoms with Gasteiger partial charge in [0.2, 0.25) is 0 Å². The number of ether oxygens (including phenoxy) is 2. The molecule has 1 aromatic heterocycles. The van der Waals surface area contributed by atoms with E-state index in [0.717, 1.165) is 89.1 Å². The fourth-order valence-corrected chi connectivity index (χ4v) is 6.99. The van der Waals surface area contributed by atoms with Crippen LogP contribution in [0.25, 0.3) is 54.8 Å². The van der Waals surface area contributed by atoms with Gasteiger partial charge in [0.25, 0.3) is 0 Å². The molecule has 0 atom stereocenters. The van der Waals surface area contributed by atoms with Crippen LogP contribution in [0, 0.1) is 11.8 Å². The van der Waals surface area contributed by atoms with Gasteiger partial charge in [0.1, 0.15) is 22.5 Å². The third-order valence-corrected chi connectivity index (χ3v) is 9.71. The van der Waals surface area contributed by atoms with E-state index in [2.05, 4.69) is 109 Å². The van der Waals surface area contributed by atoms with E-state index in [-0.39, 0.29) is 0 Å². The molecule has 0 saturated heterocycles. The van der Waals surface area contributed by atoms with Crippen molar-refractivity contribution in [1.29, 1.82) is 0 Å². The monoisotopic (exact) mass is 740 g/mol. The lowest BCUT2D eigenvalue weighted by molar-refractivity contribution is 0.274. The maximum Gasteiger partial charge on any atom is 0.127 e. The highest BCUT2D eigenvalue weighted by molar-refractivity contribution is 7.00. The van der Waals surface area contributed by atoms with E-state index in [0.29, 0.717) is 25.0 Å².